The number of aliphatic hydroxyl groups excluding tert-OH is 1. The molecule has 2 heteroatoms. The van der Waals surface area contributed by atoms with Gasteiger partial charge in [0.05, 0.1) is 6.10 Å². The van der Waals surface area contributed by atoms with E-state index < -0.39 is 0 Å². The van der Waals surface area contributed by atoms with E-state index in [-0.39, 0.29) is 6.10 Å². The van der Waals surface area contributed by atoms with Gasteiger partial charge >= 0.3 is 0 Å². The number of hydrogen-bond donors (Lipinski definition) is 1. The summed E-state index contributed by atoms with van der Waals surface area (Å²) in [5, 5.41) is 10.4. The molecule has 2 aliphatic rings. The van der Waals surface area contributed by atoms with Gasteiger partial charge in [0.1, 0.15) is 0 Å². The normalized spacial score (nSPS) is 26.1. The maximum atomic E-state index is 10.4. The van der Waals surface area contributed by atoms with Crippen molar-refractivity contribution in [1.82, 2.24) is 0 Å². The third-order valence-electron chi connectivity index (χ3n) is 4.25. The van der Waals surface area contributed by atoms with E-state index in [1.165, 1.54) is 36.1 Å². The monoisotopic (exact) mass is 248 g/mol. The standard InChI is InChI=1S/C15H20OS/c16-14(9-11-5-1-2-6-11)13-10-17-15-8-4-3-7-12(13)15/h3-4,7-8,11,13-14,16H,1-2,5-6,9-10H2. The van der Waals surface area contributed by atoms with Gasteiger partial charge in [-0.05, 0) is 24.0 Å². The van der Waals surface area contributed by atoms with E-state index in [0.29, 0.717) is 5.92 Å². The average Bonchev–Trinajstić information content (AvgIpc) is 2.96. The summed E-state index contributed by atoms with van der Waals surface area (Å²) in [4.78, 5) is 1.38. The van der Waals surface area contributed by atoms with Gasteiger partial charge < -0.3 is 5.11 Å². The third kappa shape index (κ3) is 2.38. The van der Waals surface area contributed by atoms with Crippen molar-refractivity contribution in [2.24, 2.45) is 5.92 Å². The van der Waals surface area contributed by atoms with Crippen LogP contribution in [0.25, 0.3) is 0 Å². The first-order valence-electron chi connectivity index (χ1n) is 6.74. The van der Waals surface area contributed by atoms with Crippen LogP contribution in [0.15, 0.2) is 29.2 Å². The number of hydrogen-bond acceptors (Lipinski definition) is 2. The van der Waals surface area contributed by atoms with Crippen LogP contribution in [0.1, 0.15) is 43.6 Å². The molecule has 1 aliphatic heterocycles. The van der Waals surface area contributed by atoms with Crippen LogP contribution in [-0.4, -0.2) is 17.0 Å². The van der Waals surface area contributed by atoms with Crippen LogP contribution in [0.3, 0.4) is 0 Å². The summed E-state index contributed by atoms with van der Waals surface area (Å²) in [5.74, 6) is 2.22. The van der Waals surface area contributed by atoms with E-state index in [1.54, 1.807) is 0 Å². The van der Waals surface area contributed by atoms with Gasteiger partial charge in [-0.25, -0.2) is 0 Å². The van der Waals surface area contributed by atoms with Crippen molar-refractivity contribution in [3.8, 4) is 0 Å². The van der Waals surface area contributed by atoms with Gasteiger partial charge in [-0.15, -0.1) is 11.8 Å². The summed E-state index contributed by atoms with van der Waals surface area (Å²) >= 11 is 1.90. The Labute approximate surface area is 108 Å². The molecule has 0 bridgehead atoms. The molecule has 3 rings (SSSR count). The highest BCUT2D eigenvalue weighted by molar-refractivity contribution is 7.99. The lowest BCUT2D eigenvalue weighted by Crippen LogP contribution is -2.21. The zero-order valence-corrected chi connectivity index (χ0v) is 11.0. The summed E-state index contributed by atoms with van der Waals surface area (Å²) in [6, 6.07) is 8.57. The second-order valence-electron chi connectivity index (χ2n) is 5.41. The Morgan fingerprint density at radius 3 is 2.82 bits per heavy atom. The van der Waals surface area contributed by atoms with Crippen LogP contribution in [0, 0.1) is 5.92 Å². The maximum absolute atomic E-state index is 10.4. The molecule has 0 radical (unpaired) electrons. The van der Waals surface area contributed by atoms with Gasteiger partial charge in [-0.2, -0.15) is 0 Å². The highest BCUT2D eigenvalue weighted by atomic mass is 32.2. The minimum Gasteiger partial charge on any atom is -0.392 e. The van der Waals surface area contributed by atoms with E-state index in [4.69, 9.17) is 0 Å². The number of thioether (sulfide) groups is 1. The van der Waals surface area contributed by atoms with Gasteiger partial charge in [-0.1, -0.05) is 43.9 Å². The first kappa shape index (κ1) is 11.6. The van der Waals surface area contributed by atoms with Crippen molar-refractivity contribution in [2.45, 2.75) is 49.0 Å². The SMILES string of the molecule is OC(CC1CCCC1)C1CSc2ccccc21. The fourth-order valence-corrected chi connectivity index (χ4v) is 4.58. The Morgan fingerprint density at radius 2 is 2.00 bits per heavy atom. The van der Waals surface area contributed by atoms with Crippen LogP contribution in [0.5, 0.6) is 0 Å². The van der Waals surface area contributed by atoms with Crippen LogP contribution in [0.2, 0.25) is 0 Å². The minimum atomic E-state index is -0.130. The smallest absolute Gasteiger partial charge is 0.0619 e. The van der Waals surface area contributed by atoms with Crippen LogP contribution < -0.4 is 0 Å². The predicted octanol–water partition coefficient (Wildman–Crippen LogP) is 3.82. The van der Waals surface area contributed by atoms with Crippen LogP contribution >= 0.6 is 11.8 Å². The van der Waals surface area contributed by atoms with Crippen molar-refractivity contribution in [3.63, 3.8) is 0 Å². The number of aliphatic hydroxyl groups is 1. The Bertz CT molecular complexity index is 384. The molecule has 1 aromatic carbocycles. The second kappa shape index (κ2) is 5.03. The number of benzene rings is 1. The van der Waals surface area contributed by atoms with Gasteiger partial charge in [0.25, 0.3) is 0 Å². The predicted molar refractivity (Wildman–Crippen MR) is 72.5 cm³/mol. The zero-order valence-electron chi connectivity index (χ0n) is 10.1. The Balaban J connectivity index is 1.68. The van der Waals surface area contributed by atoms with E-state index in [9.17, 15) is 5.11 Å². The van der Waals surface area contributed by atoms with Crippen molar-refractivity contribution in [1.29, 1.82) is 0 Å². The molecule has 17 heavy (non-hydrogen) atoms. The summed E-state index contributed by atoms with van der Waals surface area (Å²) in [7, 11) is 0. The molecule has 1 nitrogen and oxygen atoms in total. The quantitative estimate of drug-likeness (QED) is 0.877. The minimum absolute atomic E-state index is 0.130. The Kier molecular flexibility index (Phi) is 3.44. The molecule has 0 saturated heterocycles. The molecule has 0 aromatic heterocycles. The van der Waals surface area contributed by atoms with Gasteiger partial charge in [-0.3, -0.25) is 0 Å². The maximum Gasteiger partial charge on any atom is 0.0619 e. The highest BCUT2D eigenvalue weighted by Gasteiger charge is 2.31. The summed E-state index contributed by atoms with van der Waals surface area (Å²) in [6.07, 6.45) is 6.28. The zero-order chi connectivity index (χ0) is 11.7. The highest BCUT2D eigenvalue weighted by Crippen LogP contribution is 2.43. The van der Waals surface area contributed by atoms with Gasteiger partial charge in [0.2, 0.25) is 0 Å². The molecule has 1 N–H and O–H groups in total. The lowest BCUT2D eigenvalue weighted by Gasteiger charge is -2.21. The van der Waals surface area contributed by atoms with Crippen molar-refractivity contribution < 1.29 is 5.11 Å². The molecule has 92 valence electrons. The fourth-order valence-electron chi connectivity index (χ4n) is 3.26. The molecule has 2 unspecified atom stereocenters. The molecule has 0 spiro atoms. The van der Waals surface area contributed by atoms with Gasteiger partial charge in [0, 0.05) is 16.6 Å². The van der Waals surface area contributed by atoms with Crippen LogP contribution in [0.4, 0.5) is 0 Å². The van der Waals surface area contributed by atoms with E-state index >= 15 is 0 Å². The van der Waals surface area contributed by atoms with Crippen molar-refractivity contribution in [3.05, 3.63) is 29.8 Å². The van der Waals surface area contributed by atoms with Crippen molar-refractivity contribution >= 4 is 11.8 Å². The Morgan fingerprint density at radius 1 is 1.24 bits per heavy atom. The first-order valence-corrected chi connectivity index (χ1v) is 7.73. The van der Waals surface area contributed by atoms with E-state index in [2.05, 4.69) is 24.3 Å². The van der Waals surface area contributed by atoms with Crippen LogP contribution in [-0.2, 0) is 0 Å². The number of rotatable bonds is 3. The molecular formula is C15H20OS. The summed E-state index contributed by atoms with van der Waals surface area (Å²) < 4.78 is 0. The molecular weight excluding hydrogens is 228 g/mol. The lowest BCUT2D eigenvalue weighted by atomic mass is 9.88. The first-order chi connectivity index (χ1) is 8.34. The van der Waals surface area contributed by atoms with Crippen molar-refractivity contribution in [2.75, 3.05) is 5.75 Å². The molecule has 1 aromatic rings. The summed E-state index contributed by atoms with van der Waals surface area (Å²) in [6.45, 7) is 0. The van der Waals surface area contributed by atoms with Gasteiger partial charge in [0.15, 0.2) is 0 Å². The molecule has 1 fully saturated rings. The fraction of sp³-hybridized carbons (Fsp3) is 0.600. The Hall–Kier alpha value is -0.470. The molecule has 2 atom stereocenters. The molecule has 1 heterocycles. The molecule has 1 aliphatic carbocycles. The largest absolute Gasteiger partial charge is 0.392 e. The average molecular weight is 248 g/mol. The second-order valence-corrected chi connectivity index (χ2v) is 6.47. The number of fused-ring (bicyclic) bond motifs is 1. The van der Waals surface area contributed by atoms with E-state index in [1.807, 2.05) is 11.8 Å². The third-order valence-corrected chi connectivity index (χ3v) is 5.46. The molecule has 0 amide bonds. The van der Waals surface area contributed by atoms with E-state index in [0.717, 1.165) is 18.1 Å². The topological polar surface area (TPSA) is 20.2 Å². The molecule has 1 saturated carbocycles. The lowest BCUT2D eigenvalue weighted by molar-refractivity contribution is 0.122. The summed E-state index contributed by atoms with van der Waals surface area (Å²) in [5.41, 5.74) is 1.38.